The summed E-state index contributed by atoms with van der Waals surface area (Å²) in [6, 6.07) is 23.4. The number of nitrogens with one attached hydrogen (secondary N) is 1. The van der Waals surface area contributed by atoms with Crippen LogP contribution in [0, 0.1) is 25.5 Å². The highest BCUT2D eigenvalue weighted by Gasteiger charge is 2.23. The van der Waals surface area contributed by atoms with E-state index in [2.05, 4.69) is 5.32 Å². The van der Waals surface area contributed by atoms with Gasteiger partial charge in [0.15, 0.2) is 4.77 Å². The smallest absolute Gasteiger partial charge is 0.361 e. The quantitative estimate of drug-likeness (QED) is 0.317. The second-order valence-electron chi connectivity index (χ2n) is 8.72. The Balaban J connectivity index is 1.89. The number of hydrogen-bond acceptors (Lipinski definition) is 5. The van der Waals surface area contributed by atoms with Gasteiger partial charge in [0, 0.05) is 5.56 Å². The minimum atomic E-state index is -0.779. The van der Waals surface area contributed by atoms with E-state index < -0.39 is 17.1 Å². The molecule has 8 heteroatoms. The molecular formula is C29H23N3O4S. The monoisotopic (exact) mass is 509 g/mol. The number of carbonyl (C=O) groups excluding carboxylic acids is 1. The molecule has 5 aromatic rings. The zero-order chi connectivity index (χ0) is 26.3. The van der Waals surface area contributed by atoms with Crippen molar-refractivity contribution in [2.45, 2.75) is 20.8 Å². The number of nitrogens with zero attached hydrogens (tertiary/aromatic N) is 2. The molecule has 0 aliphatic heterocycles. The third-order valence-corrected chi connectivity index (χ3v) is 6.71. The Morgan fingerprint density at radius 3 is 1.92 bits per heavy atom. The maximum Gasteiger partial charge on any atom is 0.361 e. The van der Waals surface area contributed by atoms with Crippen LogP contribution in [0.4, 0.5) is 5.69 Å². The van der Waals surface area contributed by atoms with Gasteiger partial charge in [-0.3, -0.25) is 18.7 Å². The van der Waals surface area contributed by atoms with Gasteiger partial charge in [0.25, 0.3) is 11.5 Å². The van der Waals surface area contributed by atoms with E-state index >= 15 is 0 Å². The van der Waals surface area contributed by atoms with Gasteiger partial charge in [-0.15, -0.1) is 0 Å². The first-order valence-corrected chi connectivity index (χ1v) is 12.0. The normalized spacial score (nSPS) is 11.0. The number of aromatic nitrogens is 2. The molecule has 1 amide bonds. The lowest BCUT2D eigenvalue weighted by Crippen LogP contribution is -2.28. The highest BCUT2D eigenvalue weighted by Crippen LogP contribution is 2.26. The summed E-state index contributed by atoms with van der Waals surface area (Å²) in [5.74, 6) is -0.485. The van der Waals surface area contributed by atoms with Gasteiger partial charge < -0.3 is 9.73 Å². The maximum atomic E-state index is 14.0. The minimum absolute atomic E-state index is 0.0225. The number of rotatable bonds is 4. The molecule has 37 heavy (non-hydrogen) atoms. The van der Waals surface area contributed by atoms with Crippen LogP contribution in [0.3, 0.4) is 0 Å². The number of hydrogen-bond donors (Lipinski definition) is 1. The summed E-state index contributed by atoms with van der Waals surface area (Å²) in [5, 5.41) is 2.78. The highest BCUT2D eigenvalue weighted by atomic mass is 32.1. The second-order valence-corrected chi connectivity index (χ2v) is 9.09. The van der Waals surface area contributed by atoms with Gasteiger partial charge in [0.2, 0.25) is 5.71 Å². The van der Waals surface area contributed by atoms with Crippen molar-refractivity contribution in [1.82, 2.24) is 9.13 Å². The molecule has 0 saturated carbocycles. The SMILES string of the molecule is Cc1ccccc1-n1c(=O)c2c(C)c(NC(=O)c3ccccc3)c(=O)oc2n(-c2ccccc2C)c1=S. The van der Waals surface area contributed by atoms with Gasteiger partial charge in [0.1, 0.15) is 11.1 Å². The first-order valence-electron chi connectivity index (χ1n) is 11.6. The number of benzene rings is 3. The fourth-order valence-electron chi connectivity index (χ4n) is 4.40. The summed E-state index contributed by atoms with van der Waals surface area (Å²) in [5.41, 5.74) is 2.36. The lowest BCUT2D eigenvalue weighted by molar-refractivity contribution is 0.102. The molecule has 0 radical (unpaired) electrons. The van der Waals surface area contributed by atoms with Crippen LogP contribution in [0.15, 0.2) is 92.9 Å². The number of anilines is 1. The predicted octanol–water partition coefficient (Wildman–Crippen LogP) is 5.64. The molecule has 2 aromatic heterocycles. The van der Waals surface area contributed by atoms with Crippen molar-refractivity contribution in [1.29, 1.82) is 0 Å². The largest absolute Gasteiger partial charge is 0.403 e. The number of aryl methyl sites for hydroxylation is 3. The molecule has 0 saturated heterocycles. The zero-order valence-corrected chi connectivity index (χ0v) is 21.3. The number of fused-ring (bicyclic) bond motifs is 1. The Morgan fingerprint density at radius 2 is 1.32 bits per heavy atom. The average molecular weight is 510 g/mol. The average Bonchev–Trinajstić information content (AvgIpc) is 2.89. The first-order chi connectivity index (χ1) is 17.8. The van der Waals surface area contributed by atoms with Crippen LogP contribution in [0.25, 0.3) is 22.5 Å². The molecule has 1 N–H and O–H groups in total. The standard InChI is InChI=1S/C29H23N3O4S/c1-17-11-7-9-15-21(17)31-26(34)23-19(3)24(30-25(33)20-13-5-4-6-14-20)28(35)36-27(23)32(29(31)37)22-16-10-8-12-18(22)2/h4-16H,1-3H3,(H,30,33). The van der Waals surface area contributed by atoms with Crippen molar-refractivity contribution in [2.75, 3.05) is 5.32 Å². The van der Waals surface area contributed by atoms with Crippen molar-refractivity contribution in [2.24, 2.45) is 0 Å². The van der Waals surface area contributed by atoms with Crippen molar-refractivity contribution in [3.8, 4) is 11.4 Å². The van der Waals surface area contributed by atoms with Crippen LogP contribution in [0.1, 0.15) is 27.0 Å². The summed E-state index contributed by atoms with van der Waals surface area (Å²) in [4.78, 5) is 40.1. The van der Waals surface area contributed by atoms with Crippen LogP contribution < -0.4 is 16.5 Å². The second kappa shape index (κ2) is 9.48. The molecule has 0 aliphatic rings. The number of carbonyl (C=O) groups is 1. The van der Waals surface area contributed by atoms with E-state index in [9.17, 15) is 14.4 Å². The number of para-hydroxylation sites is 2. The maximum absolute atomic E-state index is 14.0. The topological polar surface area (TPSA) is 86.2 Å². The number of amides is 1. The van der Waals surface area contributed by atoms with Gasteiger partial charge >= 0.3 is 5.63 Å². The Morgan fingerprint density at radius 1 is 0.784 bits per heavy atom. The van der Waals surface area contributed by atoms with Crippen LogP contribution in [0.2, 0.25) is 0 Å². The van der Waals surface area contributed by atoms with Crippen LogP contribution in [0.5, 0.6) is 0 Å². The van der Waals surface area contributed by atoms with Crippen molar-refractivity contribution in [3.05, 3.63) is 127 Å². The van der Waals surface area contributed by atoms with E-state index in [0.717, 1.165) is 11.1 Å². The summed E-state index contributed by atoms with van der Waals surface area (Å²) >= 11 is 5.84. The van der Waals surface area contributed by atoms with E-state index in [4.69, 9.17) is 16.6 Å². The third kappa shape index (κ3) is 4.11. The Labute approximate surface area is 217 Å². The lowest BCUT2D eigenvalue weighted by atomic mass is 10.1. The molecule has 184 valence electrons. The molecule has 2 heterocycles. The van der Waals surface area contributed by atoms with E-state index in [0.29, 0.717) is 22.5 Å². The van der Waals surface area contributed by atoms with Gasteiger partial charge in [0.05, 0.1) is 11.4 Å². The van der Waals surface area contributed by atoms with Crippen molar-refractivity contribution >= 4 is 34.9 Å². The first kappa shape index (κ1) is 24.1. The fraction of sp³-hybridized carbons (Fsp3) is 0.103. The highest BCUT2D eigenvalue weighted by molar-refractivity contribution is 7.71. The summed E-state index contributed by atoms with van der Waals surface area (Å²) in [6.45, 7) is 5.42. The third-order valence-electron chi connectivity index (χ3n) is 6.35. The molecule has 0 unspecified atom stereocenters. The van der Waals surface area contributed by atoms with Crippen molar-refractivity contribution in [3.63, 3.8) is 0 Å². The van der Waals surface area contributed by atoms with E-state index in [1.54, 1.807) is 41.8 Å². The van der Waals surface area contributed by atoms with Gasteiger partial charge in [-0.25, -0.2) is 4.79 Å². The summed E-state index contributed by atoms with van der Waals surface area (Å²) in [7, 11) is 0. The summed E-state index contributed by atoms with van der Waals surface area (Å²) in [6.07, 6.45) is 0. The Kier molecular flexibility index (Phi) is 6.19. The molecule has 0 spiro atoms. The molecule has 0 fully saturated rings. The van der Waals surface area contributed by atoms with Crippen LogP contribution in [-0.2, 0) is 0 Å². The zero-order valence-electron chi connectivity index (χ0n) is 20.4. The van der Waals surface area contributed by atoms with E-state index in [1.165, 1.54) is 4.57 Å². The Hall–Kier alpha value is -4.56. The van der Waals surface area contributed by atoms with Gasteiger partial charge in [-0.05, 0) is 73.9 Å². The molecule has 3 aromatic carbocycles. The van der Waals surface area contributed by atoms with E-state index in [1.807, 2.05) is 62.4 Å². The van der Waals surface area contributed by atoms with Crippen LogP contribution >= 0.6 is 12.2 Å². The molecular weight excluding hydrogens is 486 g/mol. The Bertz CT molecular complexity index is 1870. The lowest BCUT2D eigenvalue weighted by Gasteiger charge is -2.19. The van der Waals surface area contributed by atoms with Crippen LogP contribution in [-0.4, -0.2) is 15.0 Å². The molecule has 5 rings (SSSR count). The minimum Gasteiger partial charge on any atom is -0.403 e. The predicted molar refractivity (Wildman–Crippen MR) is 147 cm³/mol. The fourth-order valence-corrected chi connectivity index (χ4v) is 4.76. The molecule has 0 atom stereocenters. The molecule has 7 nitrogen and oxygen atoms in total. The van der Waals surface area contributed by atoms with Gasteiger partial charge in [-0.1, -0.05) is 54.6 Å². The molecule has 0 bridgehead atoms. The summed E-state index contributed by atoms with van der Waals surface area (Å²) < 4.78 is 8.95. The van der Waals surface area contributed by atoms with Gasteiger partial charge in [-0.2, -0.15) is 0 Å². The molecule has 0 aliphatic carbocycles. The van der Waals surface area contributed by atoms with E-state index in [-0.39, 0.29) is 21.6 Å². The van der Waals surface area contributed by atoms with Crippen molar-refractivity contribution < 1.29 is 9.21 Å².